The molecule has 1 unspecified atom stereocenters. The van der Waals surface area contributed by atoms with E-state index in [1.165, 1.54) is 6.20 Å². The molecule has 1 saturated heterocycles. The summed E-state index contributed by atoms with van der Waals surface area (Å²) in [5, 5.41) is 12.0. The minimum absolute atomic E-state index is 0.0972. The number of anilines is 1. The van der Waals surface area contributed by atoms with Crippen LogP contribution in [0.15, 0.2) is 24.4 Å². The van der Waals surface area contributed by atoms with Gasteiger partial charge in [0.15, 0.2) is 5.82 Å². The Bertz CT molecular complexity index is 1130. The lowest BCUT2D eigenvalue weighted by molar-refractivity contribution is -0.118. The Morgan fingerprint density at radius 2 is 2.09 bits per heavy atom. The van der Waals surface area contributed by atoms with Crippen LogP contribution in [0.25, 0.3) is 5.57 Å². The standard InChI is InChI=1S/C27H35N5O3/c1-4-14-35-27(12-15-34-16-13-27)22-7-6-21(31-25(33)24-29-18-20(17-28)30-24)23(32-22)19-8-10-26(3,5-2)11-9-19/h6-8,18H,4-5,9-16H2,1-3H3,(H,29,30)(H,31,33). The maximum absolute atomic E-state index is 12.9. The van der Waals surface area contributed by atoms with Gasteiger partial charge < -0.3 is 19.8 Å². The van der Waals surface area contributed by atoms with Crippen LogP contribution < -0.4 is 5.32 Å². The predicted molar refractivity (Wildman–Crippen MR) is 134 cm³/mol. The Morgan fingerprint density at radius 1 is 1.29 bits per heavy atom. The summed E-state index contributed by atoms with van der Waals surface area (Å²) in [5.41, 5.74) is 3.50. The van der Waals surface area contributed by atoms with E-state index in [4.69, 9.17) is 19.7 Å². The normalized spacial score (nSPS) is 21.7. The molecule has 2 aromatic rings. The molecule has 2 N–H and O–H groups in total. The van der Waals surface area contributed by atoms with Crippen molar-refractivity contribution in [1.29, 1.82) is 5.26 Å². The summed E-state index contributed by atoms with van der Waals surface area (Å²) in [6.07, 6.45) is 10.1. The fourth-order valence-corrected chi connectivity index (χ4v) is 4.75. The number of nitriles is 1. The molecule has 2 aromatic heterocycles. The van der Waals surface area contributed by atoms with Crippen LogP contribution >= 0.6 is 0 Å². The van der Waals surface area contributed by atoms with Crippen molar-refractivity contribution >= 4 is 17.2 Å². The first-order chi connectivity index (χ1) is 16.9. The average molecular weight is 478 g/mol. The highest BCUT2D eigenvalue weighted by molar-refractivity contribution is 6.03. The number of rotatable bonds is 8. The van der Waals surface area contributed by atoms with E-state index in [2.05, 4.69) is 42.1 Å². The summed E-state index contributed by atoms with van der Waals surface area (Å²) in [6, 6.07) is 5.85. The van der Waals surface area contributed by atoms with Gasteiger partial charge in [-0.1, -0.05) is 33.3 Å². The minimum Gasteiger partial charge on any atom is -0.381 e. The van der Waals surface area contributed by atoms with E-state index < -0.39 is 11.5 Å². The fourth-order valence-electron chi connectivity index (χ4n) is 4.75. The van der Waals surface area contributed by atoms with Crippen LogP contribution in [-0.2, 0) is 15.1 Å². The van der Waals surface area contributed by atoms with E-state index in [1.54, 1.807) is 0 Å². The summed E-state index contributed by atoms with van der Waals surface area (Å²) in [4.78, 5) is 24.8. The number of amides is 1. The molecule has 2 aliphatic rings. The Balaban J connectivity index is 1.71. The van der Waals surface area contributed by atoms with Gasteiger partial charge in [-0.3, -0.25) is 4.79 Å². The van der Waals surface area contributed by atoms with Gasteiger partial charge in [0.25, 0.3) is 5.91 Å². The quantitative estimate of drug-likeness (QED) is 0.530. The maximum Gasteiger partial charge on any atom is 0.291 e. The third-order valence-electron chi connectivity index (χ3n) is 7.40. The molecule has 8 heteroatoms. The van der Waals surface area contributed by atoms with Crippen LogP contribution in [0.4, 0.5) is 5.69 Å². The van der Waals surface area contributed by atoms with Crippen LogP contribution in [0.3, 0.4) is 0 Å². The van der Waals surface area contributed by atoms with Gasteiger partial charge in [0.05, 0.1) is 23.3 Å². The summed E-state index contributed by atoms with van der Waals surface area (Å²) in [7, 11) is 0. The van der Waals surface area contributed by atoms with E-state index in [0.29, 0.717) is 30.9 Å². The third-order valence-corrected chi connectivity index (χ3v) is 7.40. The Hall–Kier alpha value is -3.02. The van der Waals surface area contributed by atoms with Crippen molar-refractivity contribution in [2.75, 3.05) is 25.1 Å². The number of ether oxygens (including phenoxy) is 2. The molecule has 1 amide bonds. The highest BCUT2D eigenvalue weighted by Gasteiger charge is 2.38. The van der Waals surface area contributed by atoms with E-state index in [1.807, 2.05) is 18.2 Å². The molecule has 8 nitrogen and oxygen atoms in total. The fraction of sp³-hybridized carbons (Fsp3) is 0.556. The van der Waals surface area contributed by atoms with Gasteiger partial charge in [-0.05, 0) is 48.8 Å². The first kappa shape index (κ1) is 25.1. The number of nitrogens with zero attached hydrogens (tertiary/aromatic N) is 3. The molecule has 1 fully saturated rings. The predicted octanol–water partition coefficient (Wildman–Crippen LogP) is 5.34. The SMILES string of the molecule is CCCOC1(c2ccc(NC(=O)c3ncc(C#N)[nH]3)c(C3=CCC(C)(CC)CC3)n2)CCOCC1. The van der Waals surface area contributed by atoms with E-state index in [0.717, 1.165) is 61.9 Å². The minimum atomic E-state index is -0.485. The first-order valence-corrected chi connectivity index (χ1v) is 12.6. The number of H-pyrrole nitrogens is 1. The molecule has 0 aromatic carbocycles. The number of carbonyl (C=O) groups excluding carboxylic acids is 1. The Morgan fingerprint density at radius 3 is 2.71 bits per heavy atom. The molecule has 0 bridgehead atoms. The van der Waals surface area contributed by atoms with Gasteiger partial charge in [0.2, 0.25) is 0 Å². The number of pyridine rings is 1. The van der Waals surface area contributed by atoms with Crippen LogP contribution in [0.2, 0.25) is 0 Å². The van der Waals surface area contributed by atoms with E-state index in [9.17, 15) is 4.79 Å². The molecule has 3 heterocycles. The zero-order valence-electron chi connectivity index (χ0n) is 20.9. The van der Waals surface area contributed by atoms with Gasteiger partial charge in [-0.2, -0.15) is 5.26 Å². The van der Waals surface area contributed by atoms with Crippen molar-refractivity contribution in [3.8, 4) is 6.07 Å². The number of aromatic nitrogens is 3. The molecule has 1 atom stereocenters. The summed E-state index contributed by atoms with van der Waals surface area (Å²) in [6.45, 7) is 8.60. The van der Waals surface area contributed by atoms with Gasteiger partial charge in [0.1, 0.15) is 17.4 Å². The maximum atomic E-state index is 12.9. The smallest absolute Gasteiger partial charge is 0.291 e. The Labute approximate surface area is 207 Å². The monoisotopic (exact) mass is 477 g/mol. The largest absolute Gasteiger partial charge is 0.381 e. The lowest BCUT2D eigenvalue weighted by Gasteiger charge is -2.37. The Kier molecular flexibility index (Phi) is 7.68. The molecule has 186 valence electrons. The molecular formula is C27H35N5O3. The molecule has 35 heavy (non-hydrogen) atoms. The molecule has 0 radical (unpaired) electrons. The molecular weight excluding hydrogens is 442 g/mol. The van der Waals surface area contributed by atoms with E-state index >= 15 is 0 Å². The van der Waals surface area contributed by atoms with Crippen LogP contribution in [0.5, 0.6) is 0 Å². The second-order valence-corrected chi connectivity index (χ2v) is 9.86. The van der Waals surface area contributed by atoms with E-state index in [-0.39, 0.29) is 11.5 Å². The average Bonchev–Trinajstić information content (AvgIpc) is 3.38. The molecule has 1 aliphatic heterocycles. The second kappa shape index (κ2) is 10.7. The number of aromatic amines is 1. The number of imidazole rings is 1. The number of carbonyl (C=O) groups is 1. The van der Waals surface area contributed by atoms with Crippen molar-refractivity contribution < 1.29 is 14.3 Å². The van der Waals surface area contributed by atoms with Crippen molar-refractivity contribution in [3.05, 3.63) is 47.3 Å². The van der Waals surface area contributed by atoms with Gasteiger partial charge in [-0.15, -0.1) is 0 Å². The van der Waals surface area contributed by atoms with Gasteiger partial charge >= 0.3 is 0 Å². The molecule has 0 spiro atoms. The van der Waals surface area contributed by atoms with Crippen molar-refractivity contribution in [2.45, 2.75) is 71.3 Å². The summed E-state index contributed by atoms with van der Waals surface area (Å²) >= 11 is 0. The third kappa shape index (κ3) is 5.47. The highest BCUT2D eigenvalue weighted by atomic mass is 16.5. The summed E-state index contributed by atoms with van der Waals surface area (Å²) in [5.74, 6) is -0.306. The number of nitrogens with one attached hydrogen (secondary N) is 2. The molecule has 4 rings (SSSR count). The van der Waals surface area contributed by atoms with Crippen LogP contribution in [-0.4, -0.2) is 40.7 Å². The first-order valence-electron chi connectivity index (χ1n) is 12.6. The lowest BCUT2D eigenvalue weighted by atomic mass is 9.74. The molecule has 0 saturated carbocycles. The molecule has 1 aliphatic carbocycles. The highest BCUT2D eigenvalue weighted by Crippen LogP contribution is 2.43. The van der Waals surface area contributed by atoms with Crippen molar-refractivity contribution in [1.82, 2.24) is 15.0 Å². The number of hydrogen-bond acceptors (Lipinski definition) is 6. The summed E-state index contributed by atoms with van der Waals surface area (Å²) < 4.78 is 12.0. The number of allylic oxidation sites excluding steroid dienone is 2. The van der Waals surface area contributed by atoms with Crippen LogP contribution in [0, 0.1) is 16.7 Å². The topological polar surface area (TPSA) is 113 Å². The number of hydrogen-bond donors (Lipinski definition) is 2. The van der Waals surface area contributed by atoms with Gasteiger partial charge in [-0.25, -0.2) is 9.97 Å². The zero-order valence-corrected chi connectivity index (χ0v) is 20.9. The van der Waals surface area contributed by atoms with Crippen molar-refractivity contribution in [2.24, 2.45) is 5.41 Å². The van der Waals surface area contributed by atoms with Crippen LogP contribution in [0.1, 0.15) is 93.4 Å². The second-order valence-electron chi connectivity index (χ2n) is 9.86. The van der Waals surface area contributed by atoms with Gasteiger partial charge in [0, 0.05) is 32.7 Å². The van der Waals surface area contributed by atoms with Crippen molar-refractivity contribution in [3.63, 3.8) is 0 Å². The lowest BCUT2D eigenvalue weighted by Crippen LogP contribution is -2.38. The zero-order chi connectivity index (χ0) is 24.9.